The summed E-state index contributed by atoms with van der Waals surface area (Å²) < 4.78 is 7.12. The third kappa shape index (κ3) is 4.92. The fourth-order valence-corrected chi connectivity index (χ4v) is 4.19. The molecule has 0 aliphatic heterocycles. The first-order valence-electron chi connectivity index (χ1n) is 9.71. The highest BCUT2D eigenvalue weighted by molar-refractivity contribution is 7.16. The van der Waals surface area contributed by atoms with Crippen molar-refractivity contribution >= 4 is 39.5 Å². The van der Waals surface area contributed by atoms with Crippen molar-refractivity contribution < 1.29 is 9.53 Å². The molecular formula is C22H19ClN4O3S. The van der Waals surface area contributed by atoms with Gasteiger partial charge in [-0.25, -0.2) is 4.98 Å². The van der Waals surface area contributed by atoms with E-state index in [9.17, 15) is 9.59 Å². The van der Waals surface area contributed by atoms with Crippen LogP contribution in [-0.4, -0.2) is 20.5 Å². The summed E-state index contributed by atoms with van der Waals surface area (Å²) >= 11 is 7.49. The van der Waals surface area contributed by atoms with Gasteiger partial charge in [-0.15, -0.1) is 0 Å². The largest absolute Gasteiger partial charge is 0.487 e. The maximum atomic E-state index is 12.4. The molecule has 0 bridgehead atoms. The SMILES string of the molecule is CCCc1nn2c(=O)cc(COc3cccc(NC(=O)c4ccccc4Cl)c3)nc2s1. The lowest BCUT2D eigenvalue weighted by molar-refractivity contribution is 0.102. The minimum absolute atomic E-state index is 0.120. The lowest BCUT2D eigenvalue weighted by atomic mass is 10.2. The van der Waals surface area contributed by atoms with Crippen molar-refractivity contribution in [1.29, 1.82) is 0 Å². The second-order valence-corrected chi connectivity index (χ2v) is 8.22. The van der Waals surface area contributed by atoms with Gasteiger partial charge in [0, 0.05) is 24.2 Å². The number of nitrogens with one attached hydrogen (secondary N) is 1. The molecule has 158 valence electrons. The number of hydrogen-bond donors (Lipinski definition) is 1. The van der Waals surface area contributed by atoms with Gasteiger partial charge >= 0.3 is 0 Å². The first kappa shape index (κ1) is 21.0. The number of nitrogens with zero attached hydrogens (tertiary/aromatic N) is 3. The normalized spacial score (nSPS) is 10.9. The van der Waals surface area contributed by atoms with Gasteiger partial charge in [0.25, 0.3) is 11.5 Å². The molecule has 2 aromatic carbocycles. The quantitative estimate of drug-likeness (QED) is 0.441. The van der Waals surface area contributed by atoms with Crippen LogP contribution in [0.1, 0.15) is 34.4 Å². The fraction of sp³-hybridized carbons (Fsp3) is 0.182. The molecule has 0 fully saturated rings. The van der Waals surface area contributed by atoms with Crippen LogP contribution in [0.3, 0.4) is 0 Å². The van der Waals surface area contributed by atoms with Crippen molar-refractivity contribution in [3.05, 3.63) is 86.2 Å². The predicted octanol–water partition coefficient (Wildman–Crippen LogP) is 4.59. The van der Waals surface area contributed by atoms with Gasteiger partial charge < -0.3 is 10.1 Å². The van der Waals surface area contributed by atoms with Crippen LogP contribution in [-0.2, 0) is 13.0 Å². The molecule has 1 N–H and O–H groups in total. The molecule has 31 heavy (non-hydrogen) atoms. The van der Waals surface area contributed by atoms with Gasteiger partial charge in [-0.3, -0.25) is 9.59 Å². The van der Waals surface area contributed by atoms with Gasteiger partial charge in [-0.05, 0) is 30.7 Å². The Morgan fingerprint density at radius 2 is 2.03 bits per heavy atom. The van der Waals surface area contributed by atoms with Crippen LogP contribution in [0.4, 0.5) is 5.69 Å². The summed E-state index contributed by atoms with van der Waals surface area (Å²) in [4.78, 5) is 29.8. The molecule has 2 heterocycles. The summed E-state index contributed by atoms with van der Waals surface area (Å²) in [7, 11) is 0. The fourth-order valence-electron chi connectivity index (χ4n) is 2.95. The number of aromatic nitrogens is 3. The first-order valence-corrected chi connectivity index (χ1v) is 10.9. The minimum Gasteiger partial charge on any atom is -0.487 e. The van der Waals surface area contributed by atoms with Crippen LogP contribution in [0.5, 0.6) is 5.75 Å². The van der Waals surface area contributed by atoms with Gasteiger partial charge in [0.2, 0.25) is 4.96 Å². The molecule has 2 aromatic heterocycles. The van der Waals surface area contributed by atoms with Crippen molar-refractivity contribution in [2.75, 3.05) is 5.32 Å². The Bertz CT molecular complexity index is 1300. The molecule has 0 aliphatic rings. The van der Waals surface area contributed by atoms with Crippen LogP contribution in [0.25, 0.3) is 4.96 Å². The van der Waals surface area contributed by atoms with Crippen LogP contribution in [0, 0.1) is 0 Å². The highest BCUT2D eigenvalue weighted by Gasteiger charge is 2.11. The average molecular weight is 455 g/mol. The Labute approximate surface area is 187 Å². The second kappa shape index (κ2) is 9.28. The zero-order valence-corrected chi connectivity index (χ0v) is 18.2. The molecular weight excluding hydrogens is 436 g/mol. The number of rotatable bonds is 7. The number of ether oxygens (including phenoxy) is 1. The van der Waals surface area contributed by atoms with Gasteiger partial charge in [0.15, 0.2) is 0 Å². The van der Waals surface area contributed by atoms with E-state index in [0.29, 0.717) is 32.7 Å². The van der Waals surface area contributed by atoms with Crippen molar-refractivity contribution in [2.45, 2.75) is 26.4 Å². The molecule has 0 atom stereocenters. The van der Waals surface area contributed by atoms with Crippen molar-refractivity contribution in [1.82, 2.24) is 14.6 Å². The van der Waals surface area contributed by atoms with Crippen LogP contribution in [0.2, 0.25) is 5.02 Å². The van der Waals surface area contributed by atoms with Crippen LogP contribution < -0.4 is 15.6 Å². The predicted molar refractivity (Wildman–Crippen MR) is 121 cm³/mol. The Morgan fingerprint density at radius 3 is 2.84 bits per heavy atom. The van der Waals surface area contributed by atoms with Crippen molar-refractivity contribution in [3.8, 4) is 5.75 Å². The van der Waals surface area contributed by atoms with E-state index < -0.39 is 0 Å². The summed E-state index contributed by atoms with van der Waals surface area (Å²) in [5.41, 5.74) is 1.24. The summed E-state index contributed by atoms with van der Waals surface area (Å²) in [6.07, 6.45) is 1.76. The van der Waals surface area contributed by atoms with E-state index in [1.165, 1.54) is 21.9 Å². The molecule has 4 rings (SSSR count). The van der Waals surface area contributed by atoms with Crippen molar-refractivity contribution in [2.24, 2.45) is 0 Å². The van der Waals surface area contributed by atoms with E-state index in [4.69, 9.17) is 16.3 Å². The van der Waals surface area contributed by atoms with Crippen molar-refractivity contribution in [3.63, 3.8) is 0 Å². The summed E-state index contributed by atoms with van der Waals surface area (Å²) in [5.74, 6) is 0.228. The smallest absolute Gasteiger partial charge is 0.275 e. The lowest BCUT2D eigenvalue weighted by Crippen LogP contribution is -2.16. The molecule has 0 saturated carbocycles. The Kier molecular flexibility index (Phi) is 6.29. The number of carbonyl (C=O) groups is 1. The topological polar surface area (TPSA) is 85.6 Å². The molecule has 4 aromatic rings. The highest BCUT2D eigenvalue weighted by Crippen LogP contribution is 2.21. The van der Waals surface area contributed by atoms with Gasteiger partial charge in [0.1, 0.15) is 17.4 Å². The molecule has 0 saturated heterocycles. The third-order valence-corrected chi connectivity index (χ3v) is 5.70. The van der Waals surface area contributed by atoms with Crippen LogP contribution in [0.15, 0.2) is 59.4 Å². The Hall–Kier alpha value is -3.23. The Balaban J connectivity index is 1.46. The van der Waals surface area contributed by atoms with E-state index in [2.05, 4.69) is 22.3 Å². The van der Waals surface area contributed by atoms with Gasteiger partial charge in [-0.2, -0.15) is 9.61 Å². The Morgan fingerprint density at radius 1 is 1.19 bits per heavy atom. The maximum absolute atomic E-state index is 12.4. The summed E-state index contributed by atoms with van der Waals surface area (Å²) in [6, 6.07) is 15.2. The van der Waals surface area contributed by atoms with E-state index in [1.54, 1.807) is 48.5 Å². The maximum Gasteiger partial charge on any atom is 0.275 e. The summed E-state index contributed by atoms with van der Waals surface area (Å²) in [5, 5.41) is 8.37. The lowest BCUT2D eigenvalue weighted by Gasteiger charge is -2.10. The second-order valence-electron chi connectivity index (χ2n) is 6.78. The minimum atomic E-state index is -0.309. The number of amides is 1. The first-order chi connectivity index (χ1) is 15.0. The van der Waals surface area contributed by atoms with Gasteiger partial charge in [0.05, 0.1) is 16.3 Å². The summed E-state index contributed by atoms with van der Waals surface area (Å²) in [6.45, 7) is 2.18. The molecule has 9 heteroatoms. The number of halogens is 1. The molecule has 7 nitrogen and oxygen atoms in total. The number of carbonyl (C=O) groups excluding carboxylic acids is 1. The van der Waals surface area contributed by atoms with E-state index in [0.717, 1.165) is 17.8 Å². The molecule has 0 radical (unpaired) electrons. The number of hydrogen-bond acceptors (Lipinski definition) is 6. The molecule has 0 aliphatic carbocycles. The van der Waals surface area contributed by atoms with E-state index in [-0.39, 0.29) is 18.1 Å². The van der Waals surface area contributed by atoms with Crippen LogP contribution >= 0.6 is 22.9 Å². The number of anilines is 1. The number of benzene rings is 2. The number of fused-ring (bicyclic) bond motifs is 1. The number of aryl methyl sites for hydroxylation is 1. The molecule has 0 unspecified atom stereocenters. The zero-order chi connectivity index (χ0) is 21.8. The third-order valence-electron chi connectivity index (χ3n) is 4.40. The van der Waals surface area contributed by atoms with E-state index in [1.807, 2.05) is 0 Å². The van der Waals surface area contributed by atoms with E-state index >= 15 is 0 Å². The average Bonchev–Trinajstić information content (AvgIpc) is 3.16. The monoisotopic (exact) mass is 454 g/mol. The standard InChI is InChI=1S/C22H19ClN4O3S/c1-2-6-19-26-27-20(28)12-15(25-22(27)31-19)13-30-16-8-5-7-14(11-16)24-21(29)17-9-3-4-10-18(17)23/h3-5,7-12H,2,6,13H2,1H3,(H,24,29). The highest BCUT2D eigenvalue weighted by atomic mass is 35.5. The molecule has 1 amide bonds. The van der Waals surface area contributed by atoms with Gasteiger partial charge in [-0.1, -0.05) is 48.1 Å². The molecule has 0 spiro atoms. The zero-order valence-electron chi connectivity index (χ0n) is 16.7.